The summed E-state index contributed by atoms with van der Waals surface area (Å²) in [5.41, 5.74) is 2.33. The van der Waals surface area contributed by atoms with Crippen LogP contribution < -0.4 is 10.2 Å². The van der Waals surface area contributed by atoms with E-state index in [9.17, 15) is 0 Å². The summed E-state index contributed by atoms with van der Waals surface area (Å²) in [6.45, 7) is 7.75. The number of nitrogens with one attached hydrogen (secondary N) is 2. The Morgan fingerprint density at radius 2 is 1.96 bits per heavy atom. The predicted octanol–water partition coefficient (Wildman–Crippen LogP) is 4.14. The number of anilines is 1. The second-order valence-corrected chi connectivity index (χ2v) is 7.40. The topological polar surface area (TPSA) is 46.7 Å². The molecule has 0 atom stereocenters. The minimum Gasteiger partial charge on any atom is -0.360 e. The molecular formula is C20H26IN5S. The predicted molar refractivity (Wildman–Crippen MR) is 127 cm³/mol. The number of rotatable bonds is 4. The molecule has 0 aliphatic carbocycles. The van der Waals surface area contributed by atoms with Crippen molar-refractivity contribution in [2.45, 2.75) is 13.5 Å². The summed E-state index contributed by atoms with van der Waals surface area (Å²) in [4.78, 5) is 13.2. The molecule has 0 unspecified atom stereocenters. The molecule has 1 fully saturated rings. The van der Waals surface area contributed by atoms with Crippen molar-refractivity contribution in [3.8, 4) is 0 Å². The van der Waals surface area contributed by atoms with Gasteiger partial charge in [-0.25, -0.2) is 4.99 Å². The van der Waals surface area contributed by atoms with Crippen molar-refractivity contribution in [1.82, 2.24) is 15.2 Å². The number of fused-ring (bicyclic) bond motifs is 1. The van der Waals surface area contributed by atoms with Gasteiger partial charge in [0.25, 0.3) is 0 Å². The number of halogens is 1. The average molecular weight is 495 g/mol. The number of nitrogens with zero attached hydrogens (tertiary/aromatic N) is 3. The number of aromatic nitrogens is 1. The standard InChI is InChI=1S/C20H25N5S.HI/c1-2-21-20(22-15-17-14-16-6-3-4-7-18(16)23-17)25-11-9-24(10-12-25)19-8-5-13-26-19;/h3-8,13-14,23H,2,9-12,15H2,1H3,(H,21,22);1H. The number of hydrogen-bond donors (Lipinski definition) is 2. The van der Waals surface area contributed by atoms with Gasteiger partial charge in [-0.15, -0.1) is 35.3 Å². The molecule has 3 aromatic rings. The fourth-order valence-corrected chi connectivity index (χ4v) is 4.18. The lowest BCUT2D eigenvalue weighted by Gasteiger charge is -2.37. The van der Waals surface area contributed by atoms with E-state index in [-0.39, 0.29) is 24.0 Å². The Kier molecular flexibility index (Phi) is 7.01. The molecule has 5 nitrogen and oxygen atoms in total. The van der Waals surface area contributed by atoms with Crippen molar-refractivity contribution in [3.63, 3.8) is 0 Å². The van der Waals surface area contributed by atoms with Crippen molar-refractivity contribution < 1.29 is 0 Å². The van der Waals surface area contributed by atoms with Gasteiger partial charge in [-0.3, -0.25) is 0 Å². The normalized spacial score (nSPS) is 15.1. The van der Waals surface area contributed by atoms with Crippen LogP contribution in [-0.2, 0) is 6.54 Å². The Labute approximate surface area is 181 Å². The molecule has 0 saturated carbocycles. The Hall–Kier alpha value is -1.74. The number of hydrogen-bond acceptors (Lipinski definition) is 3. The Bertz CT molecular complexity index is 833. The molecule has 0 bridgehead atoms. The van der Waals surface area contributed by atoms with Gasteiger partial charge in [0.2, 0.25) is 0 Å². The highest BCUT2D eigenvalue weighted by Gasteiger charge is 2.20. The van der Waals surface area contributed by atoms with Gasteiger partial charge in [0.05, 0.1) is 11.5 Å². The zero-order valence-corrected chi connectivity index (χ0v) is 18.7. The summed E-state index contributed by atoms with van der Waals surface area (Å²) < 4.78 is 0. The fraction of sp³-hybridized carbons (Fsp3) is 0.350. The lowest BCUT2D eigenvalue weighted by molar-refractivity contribution is 0.373. The maximum Gasteiger partial charge on any atom is 0.194 e. The van der Waals surface area contributed by atoms with Crippen LogP contribution in [-0.4, -0.2) is 48.6 Å². The third-order valence-corrected chi connectivity index (χ3v) is 5.65. The van der Waals surface area contributed by atoms with E-state index in [0.717, 1.165) is 44.4 Å². The maximum absolute atomic E-state index is 4.87. The quantitative estimate of drug-likeness (QED) is 0.325. The molecule has 2 N–H and O–H groups in total. The molecule has 0 amide bonds. The fourth-order valence-electron chi connectivity index (χ4n) is 3.39. The minimum atomic E-state index is 0. The Morgan fingerprint density at radius 1 is 1.15 bits per heavy atom. The summed E-state index contributed by atoms with van der Waals surface area (Å²) in [5.74, 6) is 1.01. The summed E-state index contributed by atoms with van der Waals surface area (Å²) in [6.07, 6.45) is 0. The van der Waals surface area contributed by atoms with Crippen LogP contribution in [0.4, 0.5) is 5.00 Å². The van der Waals surface area contributed by atoms with Crippen LogP contribution in [0.2, 0.25) is 0 Å². The van der Waals surface area contributed by atoms with Crippen LogP contribution in [0.15, 0.2) is 52.8 Å². The SMILES string of the molecule is CCNC(=NCc1cc2ccccc2[nH]1)N1CCN(c2cccs2)CC1.I. The van der Waals surface area contributed by atoms with Gasteiger partial charge in [-0.2, -0.15) is 0 Å². The molecule has 2 aromatic heterocycles. The van der Waals surface area contributed by atoms with Gasteiger partial charge in [-0.1, -0.05) is 18.2 Å². The number of benzene rings is 1. The molecule has 1 aromatic carbocycles. The molecular weight excluding hydrogens is 469 g/mol. The van der Waals surface area contributed by atoms with Crippen LogP contribution in [0.25, 0.3) is 10.9 Å². The number of guanidine groups is 1. The third-order valence-electron chi connectivity index (χ3n) is 4.72. The van der Waals surface area contributed by atoms with Crippen molar-refractivity contribution >= 4 is 57.2 Å². The third kappa shape index (κ3) is 4.76. The smallest absolute Gasteiger partial charge is 0.194 e. The molecule has 27 heavy (non-hydrogen) atoms. The number of aliphatic imine (C=N–C) groups is 1. The van der Waals surface area contributed by atoms with Crippen LogP contribution in [0.3, 0.4) is 0 Å². The molecule has 1 aliphatic heterocycles. The van der Waals surface area contributed by atoms with Gasteiger partial charge in [0, 0.05) is 43.9 Å². The molecule has 4 rings (SSSR count). The summed E-state index contributed by atoms with van der Waals surface area (Å²) in [5, 5.41) is 8.21. The van der Waals surface area contributed by atoms with E-state index in [1.54, 1.807) is 0 Å². The van der Waals surface area contributed by atoms with E-state index in [4.69, 9.17) is 4.99 Å². The van der Waals surface area contributed by atoms with E-state index in [0.29, 0.717) is 6.54 Å². The minimum absolute atomic E-state index is 0. The molecule has 7 heteroatoms. The Balaban J connectivity index is 0.00000210. The monoisotopic (exact) mass is 495 g/mol. The second-order valence-electron chi connectivity index (χ2n) is 6.48. The van der Waals surface area contributed by atoms with Gasteiger partial charge in [-0.05, 0) is 42.0 Å². The van der Waals surface area contributed by atoms with Crippen molar-refractivity contribution in [2.75, 3.05) is 37.6 Å². The lowest BCUT2D eigenvalue weighted by atomic mass is 10.2. The number of piperazine rings is 1. The zero-order chi connectivity index (χ0) is 17.8. The first-order valence-corrected chi connectivity index (χ1v) is 10.1. The first kappa shape index (κ1) is 20.0. The highest BCUT2D eigenvalue weighted by molar-refractivity contribution is 14.0. The molecule has 1 aliphatic rings. The largest absolute Gasteiger partial charge is 0.360 e. The van der Waals surface area contributed by atoms with E-state index in [2.05, 4.69) is 74.9 Å². The van der Waals surface area contributed by atoms with E-state index in [1.165, 1.54) is 15.9 Å². The van der Waals surface area contributed by atoms with Gasteiger partial charge in [0.1, 0.15) is 0 Å². The molecule has 0 radical (unpaired) electrons. The first-order chi connectivity index (χ1) is 12.8. The van der Waals surface area contributed by atoms with E-state index < -0.39 is 0 Å². The highest BCUT2D eigenvalue weighted by Crippen LogP contribution is 2.22. The van der Waals surface area contributed by atoms with Crippen LogP contribution in [0.1, 0.15) is 12.6 Å². The first-order valence-electron chi connectivity index (χ1n) is 9.22. The van der Waals surface area contributed by atoms with Crippen molar-refractivity contribution in [3.05, 3.63) is 53.5 Å². The van der Waals surface area contributed by atoms with Crippen LogP contribution in [0, 0.1) is 0 Å². The van der Waals surface area contributed by atoms with Crippen molar-refractivity contribution in [1.29, 1.82) is 0 Å². The maximum atomic E-state index is 4.87. The molecule has 1 saturated heterocycles. The van der Waals surface area contributed by atoms with Crippen molar-refractivity contribution in [2.24, 2.45) is 4.99 Å². The van der Waals surface area contributed by atoms with Gasteiger partial charge < -0.3 is 20.1 Å². The Morgan fingerprint density at radius 3 is 2.67 bits per heavy atom. The van der Waals surface area contributed by atoms with Crippen LogP contribution in [0.5, 0.6) is 0 Å². The summed E-state index contributed by atoms with van der Waals surface area (Å²) in [6, 6.07) is 14.9. The summed E-state index contributed by atoms with van der Waals surface area (Å²) in [7, 11) is 0. The zero-order valence-electron chi connectivity index (χ0n) is 15.5. The van der Waals surface area contributed by atoms with Gasteiger partial charge in [0.15, 0.2) is 5.96 Å². The number of thiophene rings is 1. The molecule has 144 valence electrons. The summed E-state index contributed by atoms with van der Waals surface area (Å²) >= 11 is 1.82. The van der Waals surface area contributed by atoms with E-state index in [1.807, 2.05) is 11.3 Å². The second kappa shape index (κ2) is 9.45. The number of aromatic amines is 1. The highest BCUT2D eigenvalue weighted by atomic mass is 127. The molecule has 0 spiro atoms. The average Bonchev–Trinajstić information content (AvgIpc) is 3.34. The number of para-hydroxylation sites is 1. The van der Waals surface area contributed by atoms with Crippen LogP contribution >= 0.6 is 35.3 Å². The van der Waals surface area contributed by atoms with Gasteiger partial charge >= 0.3 is 0 Å². The van der Waals surface area contributed by atoms with E-state index >= 15 is 0 Å². The number of H-pyrrole nitrogens is 1. The molecule has 3 heterocycles. The lowest BCUT2D eigenvalue weighted by Crippen LogP contribution is -2.52.